The van der Waals surface area contributed by atoms with Gasteiger partial charge in [0.2, 0.25) is 0 Å². The first kappa shape index (κ1) is 12.2. The van der Waals surface area contributed by atoms with Crippen molar-refractivity contribution in [3.63, 3.8) is 0 Å². The van der Waals surface area contributed by atoms with Crippen molar-refractivity contribution < 1.29 is 0 Å². The molecule has 0 aliphatic carbocycles. The zero-order valence-corrected chi connectivity index (χ0v) is 10.6. The van der Waals surface area contributed by atoms with Crippen LogP contribution in [0.5, 0.6) is 0 Å². The average molecular weight is 187 g/mol. The van der Waals surface area contributed by atoms with E-state index < -0.39 is 8.80 Å². The molecule has 0 N–H and O–H groups in total. The zero-order valence-electron chi connectivity index (χ0n) is 9.43. The highest BCUT2D eigenvalue weighted by atomic mass is 28.3. The molecule has 0 saturated carbocycles. The van der Waals surface area contributed by atoms with Crippen molar-refractivity contribution in [2.45, 2.75) is 45.3 Å². The van der Waals surface area contributed by atoms with E-state index >= 15 is 0 Å². The maximum absolute atomic E-state index is 2.49. The second-order valence-electron chi connectivity index (χ2n) is 4.31. The monoisotopic (exact) mass is 187 g/mol. The average Bonchev–Trinajstić information content (AvgIpc) is 2.00. The van der Waals surface area contributed by atoms with Crippen LogP contribution in [0.15, 0.2) is 0 Å². The lowest BCUT2D eigenvalue weighted by Crippen LogP contribution is -2.25. The summed E-state index contributed by atoms with van der Waals surface area (Å²) in [7, 11) is 1.84. The maximum Gasteiger partial charge on any atom is 0.0375 e. The third-order valence-electron chi connectivity index (χ3n) is 2.71. The molecule has 0 bridgehead atoms. The van der Waals surface area contributed by atoms with Gasteiger partial charge in [-0.25, -0.2) is 0 Å². The van der Waals surface area contributed by atoms with Crippen molar-refractivity contribution >= 4 is 8.80 Å². The molecule has 74 valence electrons. The van der Waals surface area contributed by atoms with Gasteiger partial charge in [-0.1, -0.05) is 32.9 Å². The van der Waals surface area contributed by atoms with Crippen LogP contribution in [-0.4, -0.2) is 33.8 Å². The van der Waals surface area contributed by atoms with Gasteiger partial charge in [0.25, 0.3) is 0 Å². The van der Waals surface area contributed by atoms with Crippen LogP contribution in [0.4, 0.5) is 0 Å². The summed E-state index contributed by atoms with van der Waals surface area (Å²) in [5.41, 5.74) is 0.972. The third kappa shape index (κ3) is 5.78. The highest BCUT2D eigenvalue weighted by Crippen LogP contribution is 2.11. The summed E-state index contributed by atoms with van der Waals surface area (Å²) in [5.74, 6) is 0. The lowest BCUT2D eigenvalue weighted by Gasteiger charge is -2.19. The van der Waals surface area contributed by atoms with Crippen molar-refractivity contribution in [3.05, 3.63) is 0 Å². The Bertz CT molecular complexity index is 104. The lowest BCUT2D eigenvalue weighted by molar-refractivity contribution is 0.352. The smallest absolute Gasteiger partial charge is 0.0375 e. The molecular formula is C10H25NSi. The van der Waals surface area contributed by atoms with E-state index in [0.717, 1.165) is 5.54 Å². The van der Waals surface area contributed by atoms with Gasteiger partial charge >= 0.3 is 0 Å². The van der Waals surface area contributed by atoms with Crippen molar-refractivity contribution in [3.8, 4) is 0 Å². The fourth-order valence-corrected chi connectivity index (χ4v) is 2.77. The molecule has 0 fully saturated rings. The van der Waals surface area contributed by atoms with Crippen LogP contribution in [0.25, 0.3) is 0 Å². The summed E-state index contributed by atoms with van der Waals surface area (Å²) >= 11 is 0. The summed E-state index contributed by atoms with van der Waals surface area (Å²) in [6.45, 7) is 12.1. The van der Waals surface area contributed by atoms with Crippen molar-refractivity contribution in [1.82, 2.24) is 4.90 Å². The molecule has 12 heavy (non-hydrogen) atoms. The van der Waals surface area contributed by atoms with E-state index in [0.29, 0.717) is 0 Å². The van der Waals surface area contributed by atoms with E-state index in [1.54, 1.807) is 0 Å². The van der Waals surface area contributed by atoms with E-state index in [2.05, 4.69) is 39.3 Å². The number of nitrogens with zero attached hydrogens (tertiary/aromatic N) is 1. The van der Waals surface area contributed by atoms with Crippen molar-refractivity contribution in [2.24, 2.45) is 0 Å². The highest BCUT2D eigenvalue weighted by Gasteiger charge is 2.09. The summed E-state index contributed by atoms with van der Waals surface area (Å²) in [6.07, 6.45) is 1.29. The van der Waals surface area contributed by atoms with Crippen LogP contribution >= 0.6 is 0 Å². The summed E-state index contributed by atoms with van der Waals surface area (Å²) < 4.78 is 0. The van der Waals surface area contributed by atoms with Gasteiger partial charge in [0.05, 0.1) is 0 Å². The van der Waals surface area contributed by atoms with E-state index in [4.69, 9.17) is 0 Å². The second-order valence-corrected chi connectivity index (χ2v) is 8.18. The molecule has 0 heterocycles. The minimum atomic E-state index is -0.398. The molecule has 1 atom stereocenters. The van der Waals surface area contributed by atoms with Crippen LogP contribution in [0, 0.1) is 0 Å². The molecule has 0 aromatic carbocycles. The Morgan fingerprint density at radius 2 is 1.83 bits per heavy atom. The molecule has 0 amide bonds. The minimum absolute atomic E-state index is 0.398. The largest absolute Gasteiger partial charge is 0.307 e. The SMILES string of the molecule is CCCN(C)CC[SiH](C)C(C)C. The van der Waals surface area contributed by atoms with Gasteiger partial charge in [-0.05, 0) is 32.6 Å². The molecule has 0 saturated heterocycles. The molecule has 0 rings (SSSR count). The molecule has 0 aliphatic heterocycles. The summed E-state index contributed by atoms with van der Waals surface area (Å²) in [5, 5.41) is 0. The first-order valence-corrected chi connectivity index (χ1v) is 7.90. The number of hydrogen-bond acceptors (Lipinski definition) is 1. The Morgan fingerprint density at radius 3 is 2.25 bits per heavy atom. The number of hydrogen-bond donors (Lipinski definition) is 0. The van der Waals surface area contributed by atoms with Crippen molar-refractivity contribution in [1.29, 1.82) is 0 Å². The standard InChI is InChI=1S/C10H25NSi/c1-6-7-11(4)8-9-12(5)10(2)3/h10,12H,6-9H2,1-5H3. The number of rotatable bonds is 6. The topological polar surface area (TPSA) is 3.24 Å². The lowest BCUT2D eigenvalue weighted by atomic mass is 10.4. The summed E-state index contributed by atoms with van der Waals surface area (Å²) in [6, 6.07) is 1.48. The zero-order chi connectivity index (χ0) is 9.56. The molecule has 0 aliphatic rings. The quantitative estimate of drug-likeness (QED) is 0.578. The third-order valence-corrected chi connectivity index (χ3v) is 6.15. The van der Waals surface area contributed by atoms with Crippen LogP contribution in [0.2, 0.25) is 18.1 Å². The van der Waals surface area contributed by atoms with E-state index in [1.165, 1.54) is 25.6 Å². The van der Waals surface area contributed by atoms with Crippen LogP contribution in [0.1, 0.15) is 27.2 Å². The first-order chi connectivity index (χ1) is 5.57. The second kappa shape index (κ2) is 6.67. The minimum Gasteiger partial charge on any atom is -0.307 e. The molecule has 0 aromatic rings. The molecular weight excluding hydrogens is 162 g/mol. The maximum atomic E-state index is 2.49. The Morgan fingerprint density at radius 1 is 1.25 bits per heavy atom. The van der Waals surface area contributed by atoms with Gasteiger partial charge in [-0.15, -0.1) is 0 Å². The summed E-state index contributed by atoms with van der Waals surface area (Å²) in [4.78, 5) is 2.46. The molecule has 0 aromatic heterocycles. The predicted octanol–water partition coefficient (Wildman–Crippen LogP) is 2.60. The predicted molar refractivity (Wildman–Crippen MR) is 60.7 cm³/mol. The van der Waals surface area contributed by atoms with E-state index in [9.17, 15) is 0 Å². The van der Waals surface area contributed by atoms with E-state index in [1.807, 2.05) is 0 Å². The van der Waals surface area contributed by atoms with Gasteiger partial charge in [-0.3, -0.25) is 0 Å². The Kier molecular flexibility index (Phi) is 6.77. The van der Waals surface area contributed by atoms with E-state index in [-0.39, 0.29) is 0 Å². The van der Waals surface area contributed by atoms with Gasteiger partial charge in [0, 0.05) is 8.80 Å². The fraction of sp³-hybridized carbons (Fsp3) is 1.00. The normalized spacial score (nSPS) is 14.2. The molecule has 1 unspecified atom stereocenters. The van der Waals surface area contributed by atoms with Crippen molar-refractivity contribution in [2.75, 3.05) is 20.1 Å². The van der Waals surface area contributed by atoms with Gasteiger partial charge in [-0.2, -0.15) is 0 Å². The Balaban J connectivity index is 3.40. The Labute approximate surface area is 79.8 Å². The van der Waals surface area contributed by atoms with Gasteiger partial charge in [0.1, 0.15) is 0 Å². The first-order valence-electron chi connectivity index (χ1n) is 5.26. The molecule has 1 nitrogen and oxygen atoms in total. The van der Waals surface area contributed by atoms with Crippen LogP contribution in [0.3, 0.4) is 0 Å². The van der Waals surface area contributed by atoms with Gasteiger partial charge in [0.15, 0.2) is 0 Å². The fourth-order valence-electron chi connectivity index (χ4n) is 1.25. The Hall–Kier alpha value is 0.177. The molecule has 2 heteroatoms. The van der Waals surface area contributed by atoms with Gasteiger partial charge < -0.3 is 4.90 Å². The van der Waals surface area contributed by atoms with Crippen LogP contribution < -0.4 is 0 Å². The highest BCUT2D eigenvalue weighted by molar-refractivity contribution is 6.58. The van der Waals surface area contributed by atoms with Crippen LogP contribution in [-0.2, 0) is 0 Å². The molecule has 0 radical (unpaired) electrons. The molecule has 0 spiro atoms.